The Bertz CT molecular complexity index is 384. The molecule has 1 aromatic rings. The fourth-order valence-corrected chi connectivity index (χ4v) is 1.39. The zero-order chi connectivity index (χ0) is 10.9. The second kappa shape index (κ2) is 3.95. The van der Waals surface area contributed by atoms with E-state index in [4.69, 9.17) is 0 Å². The molecule has 0 aliphatic rings. The van der Waals surface area contributed by atoms with Crippen LogP contribution in [0.2, 0.25) is 0 Å². The maximum Gasteiger partial charge on any atom is 0.301 e. The minimum atomic E-state index is -2.73. The summed E-state index contributed by atoms with van der Waals surface area (Å²) in [6, 6.07) is 0. The monoisotopic (exact) mass is 266 g/mol. The third-order valence-electron chi connectivity index (χ3n) is 1.67. The van der Waals surface area contributed by atoms with Gasteiger partial charge in [0.25, 0.3) is 6.43 Å². The topological polar surface area (TPSA) is 56.0 Å². The van der Waals surface area contributed by atoms with Crippen LogP contribution in [0.5, 0.6) is 0 Å². The van der Waals surface area contributed by atoms with Crippen molar-refractivity contribution >= 4 is 21.6 Å². The molecule has 1 aromatic heterocycles. The fourth-order valence-electron chi connectivity index (χ4n) is 0.936. The second-order valence-corrected chi connectivity index (χ2v) is 3.32. The highest BCUT2D eigenvalue weighted by Gasteiger charge is 2.21. The molecule has 0 unspecified atom stereocenters. The van der Waals surface area contributed by atoms with Crippen molar-refractivity contribution in [3.05, 3.63) is 32.0 Å². The Morgan fingerprint density at radius 2 is 2.21 bits per heavy atom. The summed E-state index contributed by atoms with van der Waals surface area (Å²) in [7, 11) is 0. The first kappa shape index (κ1) is 11.0. The van der Waals surface area contributed by atoms with Crippen molar-refractivity contribution in [3.8, 4) is 0 Å². The lowest BCUT2D eigenvalue weighted by atomic mass is 10.2. The average molecular weight is 267 g/mol. The molecule has 0 amide bonds. The molecule has 0 aromatic carbocycles. The summed E-state index contributed by atoms with van der Waals surface area (Å²) in [5.41, 5.74) is -0.663. The third-order valence-corrected chi connectivity index (χ3v) is 2.67. The number of aromatic nitrogens is 1. The van der Waals surface area contributed by atoms with Gasteiger partial charge in [0, 0.05) is 0 Å². The van der Waals surface area contributed by atoms with Crippen LogP contribution in [-0.2, 0) is 0 Å². The smallest absolute Gasteiger partial charge is 0.258 e. The van der Waals surface area contributed by atoms with Crippen LogP contribution in [-0.4, -0.2) is 9.91 Å². The Morgan fingerprint density at radius 3 is 2.64 bits per heavy atom. The second-order valence-electron chi connectivity index (χ2n) is 2.53. The van der Waals surface area contributed by atoms with Gasteiger partial charge in [-0.25, -0.2) is 13.8 Å². The average Bonchev–Trinajstić information content (AvgIpc) is 2.08. The molecule has 0 saturated carbocycles. The largest absolute Gasteiger partial charge is 0.301 e. The van der Waals surface area contributed by atoms with Gasteiger partial charge in [-0.3, -0.25) is 10.1 Å². The Hall–Kier alpha value is -1.11. The number of nitrogens with zero attached hydrogens (tertiary/aromatic N) is 2. The molecule has 7 heteroatoms. The van der Waals surface area contributed by atoms with Gasteiger partial charge in [-0.1, -0.05) is 0 Å². The number of pyridine rings is 1. The number of nitro groups is 1. The van der Waals surface area contributed by atoms with Gasteiger partial charge in [0.15, 0.2) is 0 Å². The Labute approximate surface area is 86.2 Å². The summed E-state index contributed by atoms with van der Waals surface area (Å²) < 4.78 is 24.6. The van der Waals surface area contributed by atoms with Crippen LogP contribution in [0, 0.1) is 17.0 Å². The van der Waals surface area contributed by atoms with Crippen molar-refractivity contribution in [1.29, 1.82) is 0 Å². The first-order valence-corrected chi connectivity index (χ1v) is 4.32. The molecule has 0 atom stereocenters. The van der Waals surface area contributed by atoms with E-state index >= 15 is 0 Å². The van der Waals surface area contributed by atoms with Gasteiger partial charge in [0.05, 0.1) is 4.92 Å². The van der Waals surface area contributed by atoms with E-state index in [1.807, 2.05) is 0 Å². The number of hydrogen-bond donors (Lipinski definition) is 0. The third kappa shape index (κ3) is 1.87. The van der Waals surface area contributed by atoms with Gasteiger partial charge < -0.3 is 0 Å². The predicted octanol–water partition coefficient (Wildman–Crippen LogP) is 3.00. The molecular weight excluding hydrogens is 262 g/mol. The van der Waals surface area contributed by atoms with E-state index in [0.717, 1.165) is 6.20 Å². The predicted molar refractivity (Wildman–Crippen MR) is 48.3 cm³/mol. The molecule has 0 bridgehead atoms. The Morgan fingerprint density at radius 1 is 1.64 bits per heavy atom. The van der Waals surface area contributed by atoms with Gasteiger partial charge in [-0.15, -0.1) is 0 Å². The number of rotatable bonds is 2. The van der Waals surface area contributed by atoms with Crippen molar-refractivity contribution in [1.82, 2.24) is 4.98 Å². The standard InChI is InChI=1S/C7H5BrF2N2O2/c1-3-5(8)4(12(13)14)2-11-6(3)7(9)10/h2,7H,1H3. The highest BCUT2D eigenvalue weighted by molar-refractivity contribution is 9.10. The van der Waals surface area contributed by atoms with E-state index in [1.54, 1.807) is 0 Å². The first-order valence-electron chi connectivity index (χ1n) is 3.52. The minimum absolute atomic E-state index is 0.0489. The van der Waals surface area contributed by atoms with Crippen LogP contribution < -0.4 is 0 Å². The molecule has 0 spiro atoms. The van der Waals surface area contributed by atoms with E-state index in [2.05, 4.69) is 20.9 Å². The summed E-state index contributed by atoms with van der Waals surface area (Å²) in [4.78, 5) is 13.1. The van der Waals surface area contributed by atoms with Crippen LogP contribution in [0.15, 0.2) is 10.7 Å². The summed E-state index contributed by atoms with van der Waals surface area (Å²) in [6.07, 6.45) is -1.91. The molecule has 4 nitrogen and oxygen atoms in total. The molecule has 76 valence electrons. The SMILES string of the molecule is Cc1c(C(F)F)ncc([N+](=O)[O-])c1Br. The molecule has 0 N–H and O–H groups in total. The molecular formula is C7H5BrF2N2O2. The van der Waals surface area contributed by atoms with E-state index < -0.39 is 17.0 Å². The highest BCUT2D eigenvalue weighted by Crippen LogP contribution is 2.32. The summed E-state index contributed by atoms with van der Waals surface area (Å²) in [6.45, 7) is 1.35. The molecule has 14 heavy (non-hydrogen) atoms. The Kier molecular flexibility index (Phi) is 3.10. The lowest BCUT2D eigenvalue weighted by Gasteiger charge is -2.05. The summed E-state index contributed by atoms with van der Waals surface area (Å²) in [5.74, 6) is 0. The zero-order valence-electron chi connectivity index (χ0n) is 7.00. The number of hydrogen-bond acceptors (Lipinski definition) is 3. The lowest BCUT2D eigenvalue weighted by Crippen LogP contribution is -1.99. The van der Waals surface area contributed by atoms with Gasteiger partial charge in [0.1, 0.15) is 16.4 Å². The Balaban J connectivity index is 3.33. The molecule has 0 saturated heterocycles. The molecule has 0 aliphatic heterocycles. The van der Waals surface area contributed by atoms with E-state index in [-0.39, 0.29) is 15.7 Å². The lowest BCUT2D eigenvalue weighted by molar-refractivity contribution is -0.386. The van der Waals surface area contributed by atoms with E-state index in [1.165, 1.54) is 6.92 Å². The number of alkyl halides is 2. The summed E-state index contributed by atoms with van der Waals surface area (Å²) >= 11 is 2.88. The highest BCUT2D eigenvalue weighted by atomic mass is 79.9. The van der Waals surface area contributed by atoms with Crippen LogP contribution >= 0.6 is 15.9 Å². The minimum Gasteiger partial charge on any atom is -0.258 e. The maximum atomic E-state index is 12.3. The first-order chi connectivity index (χ1) is 6.45. The van der Waals surface area contributed by atoms with Crippen LogP contribution in [0.4, 0.5) is 14.5 Å². The van der Waals surface area contributed by atoms with Crippen LogP contribution in [0.1, 0.15) is 17.7 Å². The van der Waals surface area contributed by atoms with Crippen molar-refractivity contribution in [2.75, 3.05) is 0 Å². The quantitative estimate of drug-likeness (QED) is 0.611. The van der Waals surface area contributed by atoms with E-state index in [9.17, 15) is 18.9 Å². The fraction of sp³-hybridized carbons (Fsp3) is 0.286. The van der Waals surface area contributed by atoms with Crippen molar-refractivity contribution in [2.45, 2.75) is 13.3 Å². The normalized spacial score (nSPS) is 10.6. The molecule has 1 heterocycles. The molecule has 0 radical (unpaired) electrons. The molecule has 1 rings (SSSR count). The van der Waals surface area contributed by atoms with Crippen molar-refractivity contribution < 1.29 is 13.7 Å². The number of halogens is 3. The van der Waals surface area contributed by atoms with Crippen molar-refractivity contribution in [3.63, 3.8) is 0 Å². The van der Waals surface area contributed by atoms with Gasteiger partial charge >= 0.3 is 5.69 Å². The van der Waals surface area contributed by atoms with Crippen LogP contribution in [0.3, 0.4) is 0 Å². The van der Waals surface area contributed by atoms with E-state index in [0.29, 0.717) is 0 Å². The summed E-state index contributed by atoms with van der Waals surface area (Å²) in [5, 5.41) is 10.4. The molecule has 0 fully saturated rings. The van der Waals surface area contributed by atoms with Gasteiger partial charge in [-0.2, -0.15) is 0 Å². The van der Waals surface area contributed by atoms with Gasteiger partial charge in [0.2, 0.25) is 0 Å². The van der Waals surface area contributed by atoms with Crippen molar-refractivity contribution in [2.24, 2.45) is 0 Å². The molecule has 0 aliphatic carbocycles. The van der Waals surface area contributed by atoms with Gasteiger partial charge in [-0.05, 0) is 28.4 Å². The zero-order valence-corrected chi connectivity index (χ0v) is 8.59. The maximum absolute atomic E-state index is 12.3. The van der Waals surface area contributed by atoms with Crippen LogP contribution in [0.25, 0.3) is 0 Å².